The van der Waals surface area contributed by atoms with Crippen LogP contribution in [0.15, 0.2) is 11.7 Å². The van der Waals surface area contributed by atoms with Crippen LogP contribution in [-0.2, 0) is 0 Å². The van der Waals surface area contributed by atoms with Gasteiger partial charge in [0, 0.05) is 17.1 Å². The Morgan fingerprint density at radius 1 is 1.50 bits per heavy atom. The van der Waals surface area contributed by atoms with Crippen LogP contribution in [0.3, 0.4) is 0 Å². The molecule has 0 radical (unpaired) electrons. The second kappa shape index (κ2) is 6.36. The SMILES string of the molecule is CC(NCCCC1CCCC1)c1cncs1. The molecule has 0 bridgehead atoms. The Balaban J connectivity index is 1.57. The molecule has 1 atom stereocenters. The number of hydrogen-bond acceptors (Lipinski definition) is 3. The Labute approximate surface area is 102 Å². The van der Waals surface area contributed by atoms with Gasteiger partial charge >= 0.3 is 0 Å². The van der Waals surface area contributed by atoms with E-state index in [2.05, 4.69) is 17.2 Å². The van der Waals surface area contributed by atoms with Crippen molar-refractivity contribution in [2.45, 2.75) is 51.5 Å². The van der Waals surface area contributed by atoms with Crippen LogP contribution in [0.4, 0.5) is 0 Å². The molecule has 0 spiro atoms. The highest BCUT2D eigenvalue weighted by Gasteiger charge is 2.14. The van der Waals surface area contributed by atoms with E-state index in [0.29, 0.717) is 6.04 Å². The Morgan fingerprint density at radius 2 is 2.31 bits per heavy atom. The monoisotopic (exact) mass is 238 g/mol. The van der Waals surface area contributed by atoms with Gasteiger partial charge in [-0.2, -0.15) is 0 Å². The van der Waals surface area contributed by atoms with Crippen molar-refractivity contribution in [2.24, 2.45) is 5.92 Å². The predicted molar refractivity (Wildman–Crippen MR) is 69.7 cm³/mol. The van der Waals surface area contributed by atoms with Crippen molar-refractivity contribution in [3.63, 3.8) is 0 Å². The quantitative estimate of drug-likeness (QED) is 0.763. The first-order valence-electron chi connectivity index (χ1n) is 6.48. The molecule has 2 rings (SSSR count). The first kappa shape index (κ1) is 12.1. The molecule has 1 fully saturated rings. The van der Waals surface area contributed by atoms with E-state index >= 15 is 0 Å². The molecule has 1 aliphatic rings. The summed E-state index contributed by atoms with van der Waals surface area (Å²) in [4.78, 5) is 5.46. The van der Waals surface area contributed by atoms with E-state index < -0.39 is 0 Å². The molecule has 16 heavy (non-hydrogen) atoms. The molecular weight excluding hydrogens is 216 g/mol. The normalized spacial score (nSPS) is 19.1. The van der Waals surface area contributed by atoms with E-state index in [1.807, 2.05) is 11.7 Å². The van der Waals surface area contributed by atoms with E-state index in [4.69, 9.17) is 0 Å². The molecule has 0 amide bonds. The minimum Gasteiger partial charge on any atom is -0.309 e. The second-order valence-corrected chi connectivity index (χ2v) is 5.79. The van der Waals surface area contributed by atoms with Gasteiger partial charge in [-0.25, -0.2) is 0 Å². The van der Waals surface area contributed by atoms with Gasteiger partial charge in [-0.3, -0.25) is 4.98 Å². The maximum atomic E-state index is 4.11. The van der Waals surface area contributed by atoms with Crippen molar-refractivity contribution in [1.82, 2.24) is 10.3 Å². The first-order valence-corrected chi connectivity index (χ1v) is 7.36. The van der Waals surface area contributed by atoms with Crippen molar-refractivity contribution >= 4 is 11.3 Å². The lowest BCUT2D eigenvalue weighted by Gasteiger charge is -2.13. The number of thiazole rings is 1. The smallest absolute Gasteiger partial charge is 0.0794 e. The van der Waals surface area contributed by atoms with Crippen LogP contribution < -0.4 is 5.32 Å². The fraction of sp³-hybridized carbons (Fsp3) is 0.769. The summed E-state index contributed by atoms with van der Waals surface area (Å²) in [6, 6.07) is 0.469. The summed E-state index contributed by atoms with van der Waals surface area (Å²) in [7, 11) is 0. The maximum Gasteiger partial charge on any atom is 0.0794 e. The van der Waals surface area contributed by atoms with E-state index in [1.54, 1.807) is 11.3 Å². The molecule has 90 valence electrons. The van der Waals surface area contributed by atoms with Gasteiger partial charge < -0.3 is 5.32 Å². The summed E-state index contributed by atoms with van der Waals surface area (Å²) in [6.45, 7) is 3.37. The van der Waals surface area contributed by atoms with Gasteiger partial charge in [-0.1, -0.05) is 25.7 Å². The topological polar surface area (TPSA) is 24.9 Å². The minimum atomic E-state index is 0.469. The van der Waals surface area contributed by atoms with E-state index in [9.17, 15) is 0 Å². The molecule has 1 N–H and O–H groups in total. The number of hydrogen-bond donors (Lipinski definition) is 1. The van der Waals surface area contributed by atoms with Crippen LogP contribution in [-0.4, -0.2) is 11.5 Å². The molecule has 1 aromatic rings. The first-order chi connectivity index (χ1) is 7.86. The number of rotatable bonds is 6. The van der Waals surface area contributed by atoms with Crippen LogP contribution in [0.2, 0.25) is 0 Å². The van der Waals surface area contributed by atoms with E-state index in [-0.39, 0.29) is 0 Å². The van der Waals surface area contributed by atoms with Crippen LogP contribution in [0.25, 0.3) is 0 Å². The molecular formula is C13H22N2S. The largest absolute Gasteiger partial charge is 0.309 e. The zero-order valence-corrected chi connectivity index (χ0v) is 10.9. The Hall–Kier alpha value is -0.410. The molecule has 2 nitrogen and oxygen atoms in total. The highest BCUT2D eigenvalue weighted by Crippen LogP contribution is 2.28. The van der Waals surface area contributed by atoms with Gasteiger partial charge in [0.2, 0.25) is 0 Å². The van der Waals surface area contributed by atoms with Crippen molar-refractivity contribution in [1.29, 1.82) is 0 Å². The summed E-state index contributed by atoms with van der Waals surface area (Å²) in [6.07, 6.45) is 10.6. The fourth-order valence-corrected chi connectivity index (χ4v) is 3.20. The van der Waals surface area contributed by atoms with Gasteiger partial charge in [-0.05, 0) is 32.2 Å². The minimum absolute atomic E-state index is 0.469. The predicted octanol–water partition coefficient (Wildman–Crippen LogP) is 3.76. The lowest BCUT2D eigenvalue weighted by Crippen LogP contribution is -2.19. The van der Waals surface area contributed by atoms with Crippen LogP contribution in [0.1, 0.15) is 56.4 Å². The molecule has 1 saturated carbocycles. The van der Waals surface area contributed by atoms with Gasteiger partial charge in [-0.15, -0.1) is 11.3 Å². The zero-order chi connectivity index (χ0) is 11.2. The molecule has 1 unspecified atom stereocenters. The van der Waals surface area contributed by atoms with E-state index in [1.165, 1.54) is 43.4 Å². The molecule has 0 aliphatic heterocycles. The lowest BCUT2D eigenvalue weighted by molar-refractivity contribution is 0.457. The number of nitrogens with zero attached hydrogens (tertiary/aromatic N) is 1. The summed E-state index contributed by atoms with van der Waals surface area (Å²) in [5, 5.41) is 3.58. The number of aromatic nitrogens is 1. The third-order valence-electron chi connectivity index (χ3n) is 3.59. The van der Waals surface area contributed by atoms with Crippen molar-refractivity contribution < 1.29 is 0 Å². The second-order valence-electron chi connectivity index (χ2n) is 4.87. The van der Waals surface area contributed by atoms with Gasteiger partial charge in [0.1, 0.15) is 0 Å². The van der Waals surface area contributed by atoms with Crippen LogP contribution in [0.5, 0.6) is 0 Å². The van der Waals surface area contributed by atoms with Crippen LogP contribution >= 0.6 is 11.3 Å². The molecule has 1 heterocycles. The number of nitrogens with one attached hydrogen (secondary N) is 1. The summed E-state index contributed by atoms with van der Waals surface area (Å²) in [5.41, 5.74) is 1.91. The Kier molecular flexibility index (Phi) is 4.79. The molecule has 1 aromatic heterocycles. The average Bonchev–Trinajstić information content (AvgIpc) is 2.96. The summed E-state index contributed by atoms with van der Waals surface area (Å²) >= 11 is 1.74. The average molecular weight is 238 g/mol. The van der Waals surface area contributed by atoms with Crippen LogP contribution in [0, 0.1) is 5.92 Å². The van der Waals surface area contributed by atoms with Crippen molar-refractivity contribution in [3.8, 4) is 0 Å². The molecule has 3 heteroatoms. The third kappa shape index (κ3) is 3.56. The highest BCUT2D eigenvalue weighted by molar-refractivity contribution is 7.09. The van der Waals surface area contributed by atoms with E-state index in [0.717, 1.165) is 12.5 Å². The maximum absolute atomic E-state index is 4.11. The van der Waals surface area contributed by atoms with Crippen molar-refractivity contribution in [3.05, 3.63) is 16.6 Å². The van der Waals surface area contributed by atoms with Gasteiger partial charge in [0.05, 0.1) is 5.51 Å². The molecule has 0 aromatic carbocycles. The molecule has 0 saturated heterocycles. The van der Waals surface area contributed by atoms with Crippen molar-refractivity contribution in [2.75, 3.05) is 6.54 Å². The zero-order valence-electron chi connectivity index (χ0n) is 10.1. The van der Waals surface area contributed by atoms with Gasteiger partial charge in [0.25, 0.3) is 0 Å². The Morgan fingerprint density at radius 3 is 3.00 bits per heavy atom. The lowest BCUT2D eigenvalue weighted by atomic mass is 10.0. The Bertz CT molecular complexity index is 278. The summed E-state index contributed by atoms with van der Waals surface area (Å²) < 4.78 is 0. The standard InChI is InChI=1S/C13H22N2S/c1-11(13-9-14-10-16-13)15-8-4-7-12-5-2-3-6-12/h9-12,15H,2-8H2,1H3. The van der Waals surface area contributed by atoms with Gasteiger partial charge in [0.15, 0.2) is 0 Å². The third-order valence-corrected chi connectivity index (χ3v) is 4.55. The highest BCUT2D eigenvalue weighted by atomic mass is 32.1. The summed E-state index contributed by atoms with van der Waals surface area (Å²) in [5.74, 6) is 1.03. The fourth-order valence-electron chi connectivity index (χ4n) is 2.55. The molecule has 1 aliphatic carbocycles.